The number of phosphoric acid groups is 1. The molecule has 0 saturated carbocycles. The number of rotatable bonds is 39. The van der Waals surface area contributed by atoms with Gasteiger partial charge in [-0.3, -0.25) is 13.8 Å². The Bertz CT molecular complexity index is 761. The quantitative estimate of drug-likeness (QED) is 0.0311. The van der Waals surface area contributed by atoms with Crippen molar-refractivity contribution < 1.29 is 33.5 Å². The van der Waals surface area contributed by atoms with E-state index in [2.05, 4.69) is 19.2 Å². The molecule has 0 saturated heterocycles. The van der Waals surface area contributed by atoms with Crippen LogP contribution >= 0.6 is 7.82 Å². The Hall–Kier alpha value is -0.540. The summed E-state index contributed by atoms with van der Waals surface area (Å²) in [6.07, 6.45) is 33.1. The number of nitrogens with two attached hydrogens (primary N) is 1. The average molecular weight is 721 g/mol. The van der Waals surface area contributed by atoms with Gasteiger partial charge in [0.05, 0.1) is 37.9 Å². The first-order valence-corrected chi connectivity index (χ1v) is 22.2. The molecule has 4 atom stereocenters. The number of carbonyl (C=O) groups is 1. The van der Waals surface area contributed by atoms with Crippen LogP contribution in [0.5, 0.6) is 0 Å². The van der Waals surface area contributed by atoms with Gasteiger partial charge < -0.3 is 26.2 Å². The molecular formula is C39H81N2O7P. The van der Waals surface area contributed by atoms with Crippen LogP contribution in [0.2, 0.25) is 0 Å². The maximum absolute atomic E-state index is 12.7. The van der Waals surface area contributed by atoms with E-state index in [1.54, 1.807) is 0 Å². The van der Waals surface area contributed by atoms with Gasteiger partial charge in [-0.2, -0.15) is 0 Å². The first kappa shape index (κ1) is 48.5. The van der Waals surface area contributed by atoms with E-state index >= 15 is 0 Å². The fraction of sp³-hybridized carbons (Fsp3) is 0.974. The molecule has 49 heavy (non-hydrogen) atoms. The molecule has 10 heteroatoms. The summed E-state index contributed by atoms with van der Waals surface area (Å²) in [5, 5.41) is 24.0. The lowest BCUT2D eigenvalue weighted by molar-refractivity contribution is -0.125. The van der Waals surface area contributed by atoms with Crippen molar-refractivity contribution in [1.82, 2.24) is 5.32 Å². The predicted molar refractivity (Wildman–Crippen MR) is 205 cm³/mol. The Kier molecular flexibility index (Phi) is 35.4. The third-order valence-electron chi connectivity index (χ3n) is 9.52. The Morgan fingerprint density at radius 2 is 0.980 bits per heavy atom. The normalized spacial score (nSPS) is 14.8. The minimum absolute atomic E-state index is 0.0623. The molecule has 0 aromatic rings. The third-order valence-corrected chi connectivity index (χ3v) is 10.5. The van der Waals surface area contributed by atoms with Crippen LogP contribution in [0.25, 0.3) is 0 Å². The summed E-state index contributed by atoms with van der Waals surface area (Å²) >= 11 is 0. The summed E-state index contributed by atoms with van der Waals surface area (Å²) in [5.74, 6) is -0.415. The van der Waals surface area contributed by atoms with Crippen LogP contribution in [0.4, 0.5) is 0 Å². The molecule has 9 nitrogen and oxygen atoms in total. The summed E-state index contributed by atoms with van der Waals surface area (Å²) in [5.41, 5.74) is 5.35. The maximum Gasteiger partial charge on any atom is 0.472 e. The number of carbonyl (C=O) groups excluding carboxylic acids is 1. The molecule has 6 N–H and O–H groups in total. The van der Waals surface area contributed by atoms with E-state index in [0.29, 0.717) is 12.8 Å². The van der Waals surface area contributed by atoms with E-state index in [0.717, 1.165) is 38.5 Å². The van der Waals surface area contributed by atoms with Crippen molar-refractivity contribution in [1.29, 1.82) is 0 Å². The molecule has 0 heterocycles. The average Bonchev–Trinajstić information content (AvgIpc) is 3.07. The zero-order valence-electron chi connectivity index (χ0n) is 32.1. The van der Waals surface area contributed by atoms with Crippen LogP contribution in [-0.4, -0.2) is 59.0 Å². The number of unbranched alkanes of at least 4 members (excludes halogenated alkanes) is 25. The molecular weight excluding hydrogens is 639 g/mol. The van der Waals surface area contributed by atoms with E-state index in [4.69, 9.17) is 14.8 Å². The highest BCUT2D eigenvalue weighted by molar-refractivity contribution is 7.47. The standard InChI is InChI=1S/C39H81N2O7P/c1-3-5-7-9-11-12-13-14-15-16-17-18-19-20-21-22-23-25-27-29-31-38(43)37(35-48-49(45,46)47-33-32-40)41-39(44)34-36(42)30-28-26-24-10-8-6-4-2/h36-38,42-43H,3-35,40H2,1-2H3,(H,41,44)(H,45,46). The Labute approximate surface area is 302 Å². The van der Waals surface area contributed by atoms with Gasteiger partial charge in [0, 0.05) is 6.54 Å². The van der Waals surface area contributed by atoms with Gasteiger partial charge in [-0.1, -0.05) is 187 Å². The van der Waals surface area contributed by atoms with E-state index in [1.165, 1.54) is 135 Å². The van der Waals surface area contributed by atoms with Crippen LogP contribution < -0.4 is 11.1 Å². The lowest BCUT2D eigenvalue weighted by Crippen LogP contribution is -2.47. The van der Waals surface area contributed by atoms with Crippen molar-refractivity contribution in [2.45, 2.75) is 225 Å². The number of aliphatic hydroxyl groups excluding tert-OH is 2. The van der Waals surface area contributed by atoms with Crippen LogP contribution in [0.1, 0.15) is 206 Å². The second-order valence-electron chi connectivity index (χ2n) is 14.4. The van der Waals surface area contributed by atoms with Crippen molar-refractivity contribution in [2.75, 3.05) is 19.8 Å². The fourth-order valence-corrected chi connectivity index (χ4v) is 7.12. The van der Waals surface area contributed by atoms with Gasteiger partial charge in [0.15, 0.2) is 0 Å². The van der Waals surface area contributed by atoms with E-state index in [1.807, 2.05) is 0 Å². The van der Waals surface area contributed by atoms with Gasteiger partial charge in [0.2, 0.25) is 5.91 Å². The van der Waals surface area contributed by atoms with Gasteiger partial charge in [0.1, 0.15) is 0 Å². The van der Waals surface area contributed by atoms with Crippen molar-refractivity contribution in [3.05, 3.63) is 0 Å². The molecule has 1 amide bonds. The Morgan fingerprint density at radius 1 is 0.612 bits per heavy atom. The highest BCUT2D eigenvalue weighted by atomic mass is 31.2. The second kappa shape index (κ2) is 35.8. The van der Waals surface area contributed by atoms with Crippen molar-refractivity contribution in [3.8, 4) is 0 Å². The highest BCUT2D eigenvalue weighted by Crippen LogP contribution is 2.43. The number of hydrogen-bond acceptors (Lipinski definition) is 7. The molecule has 0 rings (SSSR count). The predicted octanol–water partition coefficient (Wildman–Crippen LogP) is 10.0. The van der Waals surface area contributed by atoms with E-state index < -0.39 is 32.0 Å². The number of nitrogens with one attached hydrogen (secondary N) is 1. The summed E-state index contributed by atoms with van der Waals surface area (Å²) in [4.78, 5) is 22.6. The SMILES string of the molecule is CCCCCCCCCCCCCCCCCCCCCCC(O)C(COP(=O)(O)OCCN)NC(=O)CC(O)CCCCCCCCC. The van der Waals surface area contributed by atoms with E-state index in [9.17, 15) is 24.5 Å². The molecule has 0 spiro atoms. The minimum Gasteiger partial charge on any atom is -0.393 e. The molecule has 0 aliphatic heterocycles. The van der Waals surface area contributed by atoms with Gasteiger partial charge in [0.25, 0.3) is 0 Å². The molecule has 4 unspecified atom stereocenters. The number of amides is 1. The maximum atomic E-state index is 12.7. The lowest BCUT2D eigenvalue weighted by atomic mass is 10.0. The molecule has 0 aliphatic carbocycles. The summed E-state index contributed by atoms with van der Waals surface area (Å²) in [6.45, 7) is 4.01. The Balaban J connectivity index is 4.16. The van der Waals surface area contributed by atoms with Crippen molar-refractivity contribution >= 4 is 13.7 Å². The zero-order chi connectivity index (χ0) is 36.3. The van der Waals surface area contributed by atoms with Crippen LogP contribution in [0, 0.1) is 0 Å². The molecule has 0 aromatic carbocycles. The van der Waals surface area contributed by atoms with Gasteiger partial charge in [-0.25, -0.2) is 4.57 Å². The lowest BCUT2D eigenvalue weighted by Gasteiger charge is -2.25. The Morgan fingerprint density at radius 3 is 1.37 bits per heavy atom. The summed E-state index contributed by atoms with van der Waals surface area (Å²) in [7, 11) is -4.36. The molecule has 0 bridgehead atoms. The van der Waals surface area contributed by atoms with Gasteiger partial charge in [-0.15, -0.1) is 0 Å². The molecule has 294 valence electrons. The van der Waals surface area contributed by atoms with Crippen molar-refractivity contribution in [2.24, 2.45) is 5.73 Å². The first-order valence-electron chi connectivity index (χ1n) is 20.7. The van der Waals surface area contributed by atoms with Gasteiger partial charge in [-0.05, 0) is 12.8 Å². The summed E-state index contributed by atoms with van der Waals surface area (Å²) < 4.78 is 22.0. The number of aliphatic hydroxyl groups is 2. The summed E-state index contributed by atoms with van der Waals surface area (Å²) in [6, 6.07) is -0.888. The highest BCUT2D eigenvalue weighted by Gasteiger charge is 2.28. The largest absolute Gasteiger partial charge is 0.472 e. The third kappa shape index (κ3) is 34.3. The zero-order valence-corrected chi connectivity index (χ0v) is 33.0. The minimum atomic E-state index is -4.36. The van der Waals surface area contributed by atoms with Crippen LogP contribution in [0.15, 0.2) is 0 Å². The van der Waals surface area contributed by atoms with Gasteiger partial charge >= 0.3 is 7.82 Å². The topological polar surface area (TPSA) is 151 Å². The molecule has 0 fully saturated rings. The molecule has 0 aromatic heterocycles. The first-order chi connectivity index (χ1) is 23.8. The molecule has 0 radical (unpaired) electrons. The fourth-order valence-electron chi connectivity index (χ4n) is 6.36. The smallest absolute Gasteiger partial charge is 0.393 e. The molecule has 0 aliphatic rings. The van der Waals surface area contributed by atoms with E-state index in [-0.39, 0.29) is 26.2 Å². The van der Waals surface area contributed by atoms with Crippen LogP contribution in [-0.2, 0) is 18.4 Å². The van der Waals surface area contributed by atoms with Crippen LogP contribution in [0.3, 0.4) is 0 Å². The monoisotopic (exact) mass is 721 g/mol. The van der Waals surface area contributed by atoms with Crippen molar-refractivity contribution in [3.63, 3.8) is 0 Å². The second-order valence-corrected chi connectivity index (χ2v) is 15.9. The number of hydrogen-bond donors (Lipinski definition) is 5. The number of phosphoric ester groups is 1.